The summed E-state index contributed by atoms with van der Waals surface area (Å²) < 4.78 is 26.1. The van der Waals surface area contributed by atoms with Crippen LogP contribution in [0.4, 0.5) is 0 Å². The number of nitrogens with one attached hydrogen (secondary N) is 4. The van der Waals surface area contributed by atoms with Crippen molar-refractivity contribution in [3.63, 3.8) is 0 Å². The van der Waals surface area contributed by atoms with E-state index >= 15 is 0 Å². The molecule has 0 radical (unpaired) electrons. The molecule has 2 rings (SSSR count). The highest BCUT2D eigenvalue weighted by atomic mass is 32.2. The lowest BCUT2D eigenvalue weighted by Gasteiger charge is -2.23. The van der Waals surface area contributed by atoms with E-state index in [0.29, 0.717) is 6.54 Å². The lowest BCUT2D eigenvalue weighted by Crippen LogP contribution is -2.45. The number of carbonyl (C=O) groups is 1. The maximum atomic E-state index is 12.2. The molecule has 23 heavy (non-hydrogen) atoms. The maximum absolute atomic E-state index is 12.2. The number of amides is 1. The van der Waals surface area contributed by atoms with Gasteiger partial charge in [-0.05, 0) is 44.3 Å². The number of benzene rings is 1. The predicted octanol–water partition coefficient (Wildman–Crippen LogP) is 0.0821. The number of hydrogen-bond acceptors (Lipinski definition) is 5. The summed E-state index contributed by atoms with van der Waals surface area (Å²) >= 11 is 0. The Bertz CT molecular complexity index is 711. The van der Waals surface area contributed by atoms with Gasteiger partial charge in [0.05, 0.1) is 4.90 Å². The Morgan fingerprint density at radius 1 is 1.43 bits per heavy atom. The first-order chi connectivity index (χ1) is 10.9. The van der Waals surface area contributed by atoms with E-state index in [2.05, 4.69) is 22.3 Å². The average Bonchev–Trinajstić information content (AvgIpc) is 2.55. The van der Waals surface area contributed by atoms with E-state index in [4.69, 9.17) is 5.41 Å². The third-order valence-corrected chi connectivity index (χ3v) is 4.76. The van der Waals surface area contributed by atoms with Gasteiger partial charge in [-0.3, -0.25) is 10.2 Å². The number of rotatable bonds is 4. The van der Waals surface area contributed by atoms with Gasteiger partial charge in [-0.1, -0.05) is 6.07 Å². The van der Waals surface area contributed by atoms with Crippen molar-refractivity contribution in [2.24, 2.45) is 4.99 Å². The summed E-state index contributed by atoms with van der Waals surface area (Å²) in [4.78, 5) is 15.3. The second kappa shape index (κ2) is 7.34. The summed E-state index contributed by atoms with van der Waals surface area (Å²) in [7, 11) is -3.96. The molecule has 124 valence electrons. The van der Waals surface area contributed by atoms with Crippen LogP contribution in [0.3, 0.4) is 0 Å². The molecule has 1 amide bonds. The Kier molecular flexibility index (Phi) is 5.45. The second-order valence-corrected chi connectivity index (χ2v) is 6.84. The number of aliphatic imine (C=N–C) groups is 1. The van der Waals surface area contributed by atoms with Gasteiger partial charge < -0.3 is 10.6 Å². The van der Waals surface area contributed by atoms with Crippen LogP contribution in [0.5, 0.6) is 0 Å². The first kappa shape index (κ1) is 17.1. The highest BCUT2D eigenvalue weighted by Gasteiger charge is 2.19. The molecule has 1 aliphatic rings. The number of carbonyl (C=O) groups excluding carboxylic acids is 1. The highest BCUT2D eigenvalue weighted by Crippen LogP contribution is 2.12. The van der Waals surface area contributed by atoms with Crippen LogP contribution in [0, 0.1) is 5.41 Å². The molecule has 0 saturated carbocycles. The van der Waals surface area contributed by atoms with Crippen LogP contribution in [0.15, 0.2) is 34.2 Å². The highest BCUT2D eigenvalue weighted by molar-refractivity contribution is 7.90. The molecule has 1 saturated heterocycles. The van der Waals surface area contributed by atoms with Crippen LogP contribution in [-0.2, 0) is 10.0 Å². The van der Waals surface area contributed by atoms with Gasteiger partial charge in [0.2, 0.25) is 5.96 Å². The second-order valence-electron chi connectivity index (χ2n) is 5.16. The van der Waals surface area contributed by atoms with Crippen molar-refractivity contribution in [2.45, 2.75) is 23.8 Å². The van der Waals surface area contributed by atoms with Crippen LogP contribution in [0.2, 0.25) is 0 Å². The molecular weight excluding hydrogens is 318 g/mol. The van der Waals surface area contributed by atoms with Crippen LogP contribution in [0.25, 0.3) is 0 Å². The van der Waals surface area contributed by atoms with Crippen molar-refractivity contribution in [1.29, 1.82) is 5.41 Å². The molecule has 0 spiro atoms. The summed E-state index contributed by atoms with van der Waals surface area (Å²) in [6.07, 6.45) is 1.88. The van der Waals surface area contributed by atoms with Crippen molar-refractivity contribution < 1.29 is 13.2 Å². The summed E-state index contributed by atoms with van der Waals surface area (Å²) in [6.45, 7) is 4.72. The lowest BCUT2D eigenvalue weighted by atomic mass is 10.1. The molecule has 0 unspecified atom stereocenters. The monoisotopic (exact) mass is 337 g/mol. The Balaban J connectivity index is 2.13. The van der Waals surface area contributed by atoms with Crippen LogP contribution in [0.1, 0.15) is 23.2 Å². The Labute approximate surface area is 134 Å². The first-order valence-corrected chi connectivity index (χ1v) is 8.60. The van der Waals surface area contributed by atoms with E-state index in [1.165, 1.54) is 18.2 Å². The number of nitrogens with zero attached hydrogens (tertiary/aromatic N) is 1. The molecule has 0 bridgehead atoms. The van der Waals surface area contributed by atoms with Crippen molar-refractivity contribution in [2.75, 3.05) is 13.1 Å². The third-order valence-electron chi connectivity index (χ3n) is 3.43. The molecule has 8 nitrogen and oxygen atoms in total. The minimum atomic E-state index is -3.96. The van der Waals surface area contributed by atoms with Gasteiger partial charge in [-0.15, -0.1) is 0 Å². The molecule has 9 heteroatoms. The van der Waals surface area contributed by atoms with E-state index in [9.17, 15) is 13.2 Å². The minimum Gasteiger partial charge on any atom is -0.348 e. The number of sulfonamides is 1. The smallest absolute Gasteiger partial charge is 0.264 e. The average molecular weight is 337 g/mol. The molecule has 1 fully saturated rings. The molecular formula is C14H19N5O3S. The molecule has 4 N–H and O–H groups in total. The molecule has 1 heterocycles. The normalized spacial score (nSPS) is 18.0. The SMILES string of the molecule is C=NC(=N)NS(=O)(=O)c1cccc(C(=O)N[C@H]2CCCNC2)c1. The van der Waals surface area contributed by atoms with Gasteiger partial charge in [0.15, 0.2) is 0 Å². The van der Waals surface area contributed by atoms with Gasteiger partial charge in [-0.2, -0.15) is 0 Å². The lowest BCUT2D eigenvalue weighted by molar-refractivity contribution is 0.0930. The summed E-state index contributed by atoms with van der Waals surface area (Å²) in [5, 5.41) is 13.3. The molecule has 1 aromatic carbocycles. The van der Waals surface area contributed by atoms with Gasteiger partial charge >= 0.3 is 0 Å². The summed E-state index contributed by atoms with van der Waals surface area (Å²) in [6, 6.07) is 5.67. The van der Waals surface area contributed by atoms with Crippen LogP contribution < -0.4 is 15.4 Å². The van der Waals surface area contributed by atoms with Gasteiger partial charge in [-0.25, -0.2) is 18.1 Å². The van der Waals surface area contributed by atoms with E-state index < -0.39 is 16.0 Å². The van der Waals surface area contributed by atoms with Gasteiger partial charge in [0.25, 0.3) is 15.9 Å². The fourth-order valence-electron chi connectivity index (χ4n) is 2.27. The molecule has 1 atom stereocenters. The number of piperidine rings is 1. The Morgan fingerprint density at radius 2 is 2.22 bits per heavy atom. The van der Waals surface area contributed by atoms with Crippen molar-refractivity contribution in [3.8, 4) is 0 Å². The molecule has 1 aromatic rings. The van der Waals surface area contributed by atoms with E-state index in [-0.39, 0.29) is 22.4 Å². The van der Waals surface area contributed by atoms with E-state index in [1.807, 2.05) is 4.72 Å². The van der Waals surface area contributed by atoms with E-state index in [1.54, 1.807) is 6.07 Å². The quantitative estimate of drug-likeness (QED) is 0.459. The van der Waals surface area contributed by atoms with Crippen LogP contribution >= 0.6 is 0 Å². The topological polar surface area (TPSA) is 124 Å². The summed E-state index contributed by atoms with van der Waals surface area (Å²) in [5.41, 5.74) is 0.247. The summed E-state index contributed by atoms with van der Waals surface area (Å²) in [5.74, 6) is -0.902. The molecule has 0 aromatic heterocycles. The zero-order chi connectivity index (χ0) is 16.9. The minimum absolute atomic E-state index is 0.0350. The fraction of sp³-hybridized carbons (Fsp3) is 0.357. The van der Waals surface area contributed by atoms with E-state index in [0.717, 1.165) is 19.4 Å². The van der Waals surface area contributed by atoms with Gasteiger partial charge in [0, 0.05) is 18.2 Å². The van der Waals surface area contributed by atoms with Crippen molar-refractivity contribution in [1.82, 2.24) is 15.4 Å². The Morgan fingerprint density at radius 3 is 2.87 bits per heavy atom. The molecule has 0 aliphatic carbocycles. The first-order valence-electron chi connectivity index (χ1n) is 7.12. The predicted molar refractivity (Wildman–Crippen MR) is 87.4 cm³/mol. The zero-order valence-corrected chi connectivity index (χ0v) is 13.3. The zero-order valence-electron chi connectivity index (χ0n) is 12.5. The van der Waals surface area contributed by atoms with Crippen molar-refractivity contribution >= 4 is 28.6 Å². The number of hydrogen-bond donors (Lipinski definition) is 4. The fourth-order valence-corrected chi connectivity index (χ4v) is 3.24. The standard InChI is InChI=1S/C14H19N5O3S/c1-16-14(15)19-23(21,22)12-6-2-4-10(8-12)13(20)18-11-5-3-7-17-9-11/h2,4,6,8,11,17H,1,3,5,7,9H2,(H2,15,19)(H,18,20)/t11-/m0/s1. The largest absolute Gasteiger partial charge is 0.348 e. The van der Waals surface area contributed by atoms with Crippen molar-refractivity contribution in [3.05, 3.63) is 29.8 Å². The Hall–Kier alpha value is -2.26. The maximum Gasteiger partial charge on any atom is 0.264 e. The molecule has 1 aliphatic heterocycles. The van der Waals surface area contributed by atoms with Gasteiger partial charge in [0.1, 0.15) is 0 Å². The number of guanidine groups is 1. The third kappa shape index (κ3) is 4.60. The van der Waals surface area contributed by atoms with Crippen LogP contribution in [-0.4, -0.2) is 46.1 Å².